The largest absolute Gasteiger partial charge is 0.457 e. The van der Waals surface area contributed by atoms with Gasteiger partial charge in [0, 0.05) is 16.5 Å². The molecule has 0 aromatic heterocycles. The highest BCUT2D eigenvalue weighted by Gasteiger charge is 2.31. The van der Waals surface area contributed by atoms with Gasteiger partial charge in [-0.25, -0.2) is 0 Å². The molecule has 0 spiro atoms. The molecule has 186 valence electrons. The van der Waals surface area contributed by atoms with Gasteiger partial charge in [-0.1, -0.05) is 42.8 Å². The number of aliphatic hydroxyl groups excluding tert-OH is 1. The van der Waals surface area contributed by atoms with E-state index in [9.17, 15) is 18.3 Å². The number of aryl methyl sites for hydroxylation is 1. The monoisotopic (exact) mass is 521 g/mol. The predicted octanol–water partition coefficient (Wildman–Crippen LogP) is 7.76. The molecule has 0 amide bonds. The number of aliphatic hydroxyl groups is 1. The van der Waals surface area contributed by atoms with E-state index in [2.05, 4.69) is 5.32 Å². The summed E-state index contributed by atoms with van der Waals surface area (Å²) >= 11 is 6.08. The van der Waals surface area contributed by atoms with Gasteiger partial charge in [0.05, 0.1) is 12.1 Å². The second-order valence-electron chi connectivity index (χ2n) is 8.65. The minimum Gasteiger partial charge on any atom is -0.457 e. The highest BCUT2D eigenvalue weighted by Crippen LogP contribution is 2.39. The van der Waals surface area contributed by atoms with E-state index < -0.39 is 17.7 Å². The van der Waals surface area contributed by atoms with E-state index in [-0.39, 0.29) is 22.6 Å². The minimum atomic E-state index is -4.37. The zero-order valence-electron chi connectivity index (χ0n) is 19.2. The Morgan fingerprint density at radius 2 is 1.71 bits per heavy atom. The van der Waals surface area contributed by atoms with Gasteiger partial charge in [0.1, 0.15) is 11.5 Å². The number of rotatable bonds is 10. The molecule has 35 heavy (non-hydrogen) atoms. The lowest BCUT2D eigenvalue weighted by molar-refractivity contribution is -0.0328. The molecular weight excluding hydrogens is 495 g/mol. The lowest BCUT2D eigenvalue weighted by Crippen LogP contribution is -2.32. The van der Waals surface area contributed by atoms with Gasteiger partial charge < -0.3 is 15.2 Å². The van der Waals surface area contributed by atoms with E-state index >= 15 is 0 Å². The molecule has 2 unspecified atom stereocenters. The first kappa shape index (κ1) is 25.9. The Bertz CT molecular complexity index is 1150. The molecule has 3 aromatic carbocycles. The first-order valence-electron chi connectivity index (χ1n) is 11.5. The summed E-state index contributed by atoms with van der Waals surface area (Å²) in [4.78, 5) is 0.116. The fraction of sp³-hybridized carbons (Fsp3) is 0.333. The van der Waals surface area contributed by atoms with Crippen LogP contribution < -0.4 is 10.1 Å². The summed E-state index contributed by atoms with van der Waals surface area (Å²) in [6.07, 6.45) is 2.27. The summed E-state index contributed by atoms with van der Waals surface area (Å²) in [5.41, 5.74) is -1.88. The molecule has 3 nitrogen and oxygen atoms in total. The van der Waals surface area contributed by atoms with E-state index in [0.29, 0.717) is 28.6 Å². The quantitative estimate of drug-likeness (QED) is 0.267. The smallest absolute Gasteiger partial charge is 0.446 e. The van der Waals surface area contributed by atoms with Crippen molar-refractivity contribution in [2.75, 3.05) is 6.54 Å². The summed E-state index contributed by atoms with van der Waals surface area (Å²) < 4.78 is 45.0. The van der Waals surface area contributed by atoms with Gasteiger partial charge in [0.15, 0.2) is 0 Å². The number of halogens is 4. The highest BCUT2D eigenvalue weighted by molar-refractivity contribution is 8.00. The van der Waals surface area contributed by atoms with Crippen LogP contribution in [0.5, 0.6) is 11.5 Å². The van der Waals surface area contributed by atoms with Gasteiger partial charge in [-0.15, -0.1) is 0 Å². The molecule has 2 N–H and O–H groups in total. The number of hydrogen-bond donors (Lipinski definition) is 2. The standard InChI is InChI=1S/C27H27ClF3NO2S/c1-2-17-13-22(11-12-24(17)28)34-21-7-3-5-19(14-21)26(32-16-25(33)18-9-10-18)20-6-4-8-23(15-20)35-27(29,30)31/h3-8,11-15,18,25-26,32-33H,2,9-10,16H2,1H3. The van der Waals surface area contributed by atoms with Crippen molar-refractivity contribution in [1.82, 2.24) is 5.32 Å². The molecule has 0 aliphatic heterocycles. The number of benzene rings is 3. The fourth-order valence-corrected chi connectivity index (χ4v) is 4.84. The topological polar surface area (TPSA) is 41.5 Å². The van der Waals surface area contributed by atoms with Gasteiger partial charge >= 0.3 is 5.51 Å². The van der Waals surface area contributed by atoms with Gasteiger partial charge in [-0.3, -0.25) is 0 Å². The van der Waals surface area contributed by atoms with Crippen LogP contribution in [0.4, 0.5) is 13.2 Å². The van der Waals surface area contributed by atoms with Crippen LogP contribution in [0.25, 0.3) is 0 Å². The maximum absolute atomic E-state index is 13.0. The summed E-state index contributed by atoms with van der Waals surface area (Å²) in [5.74, 6) is 1.53. The third kappa shape index (κ3) is 7.40. The molecule has 4 rings (SSSR count). The molecule has 0 heterocycles. The first-order chi connectivity index (χ1) is 16.7. The summed E-state index contributed by atoms with van der Waals surface area (Å²) in [6, 6.07) is 18.9. The van der Waals surface area contributed by atoms with E-state index in [1.165, 1.54) is 6.07 Å². The van der Waals surface area contributed by atoms with Crippen LogP contribution in [0.2, 0.25) is 5.02 Å². The lowest BCUT2D eigenvalue weighted by Gasteiger charge is -2.23. The maximum Gasteiger partial charge on any atom is 0.446 e. The fourth-order valence-electron chi connectivity index (χ4n) is 3.98. The minimum absolute atomic E-state index is 0.116. The van der Waals surface area contributed by atoms with Crippen LogP contribution >= 0.6 is 23.4 Å². The molecule has 1 aliphatic rings. The third-order valence-corrected chi connectivity index (χ3v) is 7.04. The summed E-state index contributed by atoms with van der Waals surface area (Å²) in [6.45, 7) is 2.36. The third-order valence-electron chi connectivity index (χ3n) is 5.95. The molecule has 8 heteroatoms. The van der Waals surface area contributed by atoms with Gasteiger partial charge in [0.2, 0.25) is 0 Å². The number of hydrogen-bond acceptors (Lipinski definition) is 4. The van der Waals surface area contributed by atoms with Crippen LogP contribution in [0.1, 0.15) is 42.5 Å². The van der Waals surface area contributed by atoms with Crippen LogP contribution in [0.3, 0.4) is 0 Å². The Morgan fingerprint density at radius 1 is 1.03 bits per heavy atom. The van der Waals surface area contributed by atoms with Crippen molar-refractivity contribution in [3.8, 4) is 11.5 Å². The van der Waals surface area contributed by atoms with Crippen molar-refractivity contribution in [2.24, 2.45) is 5.92 Å². The van der Waals surface area contributed by atoms with Gasteiger partial charge in [0.25, 0.3) is 0 Å². The molecular formula is C27H27ClF3NO2S. The summed E-state index contributed by atoms with van der Waals surface area (Å²) in [7, 11) is 0. The van der Waals surface area contributed by atoms with E-state index in [1.807, 2.05) is 37.3 Å². The van der Waals surface area contributed by atoms with Gasteiger partial charge in [-0.2, -0.15) is 13.2 Å². The Balaban J connectivity index is 1.61. The average molecular weight is 522 g/mol. The molecule has 0 saturated heterocycles. The van der Waals surface area contributed by atoms with Gasteiger partial charge in [-0.05, 0) is 96.1 Å². The Hall–Kier alpha value is -2.19. The first-order valence-corrected chi connectivity index (χ1v) is 12.7. The zero-order chi connectivity index (χ0) is 25.0. The Labute approximate surface area is 212 Å². The van der Waals surface area contributed by atoms with Crippen molar-refractivity contribution in [2.45, 2.75) is 48.7 Å². The van der Waals surface area contributed by atoms with Crippen molar-refractivity contribution in [1.29, 1.82) is 0 Å². The second kappa shape index (κ2) is 11.2. The normalized spacial score (nSPS) is 15.6. The van der Waals surface area contributed by atoms with E-state index in [1.54, 1.807) is 30.3 Å². The van der Waals surface area contributed by atoms with Crippen LogP contribution in [-0.4, -0.2) is 23.3 Å². The van der Waals surface area contributed by atoms with E-state index in [0.717, 1.165) is 30.4 Å². The second-order valence-corrected chi connectivity index (χ2v) is 10.2. The van der Waals surface area contributed by atoms with Crippen LogP contribution in [0.15, 0.2) is 71.6 Å². The Morgan fingerprint density at radius 3 is 2.40 bits per heavy atom. The lowest BCUT2D eigenvalue weighted by atomic mass is 9.98. The van der Waals surface area contributed by atoms with Crippen molar-refractivity contribution < 1.29 is 23.0 Å². The molecule has 0 bridgehead atoms. The molecule has 1 fully saturated rings. The van der Waals surface area contributed by atoms with Crippen LogP contribution in [0, 0.1) is 5.92 Å². The number of ether oxygens (including phenoxy) is 1. The number of thioether (sulfide) groups is 1. The average Bonchev–Trinajstić information content (AvgIpc) is 3.65. The van der Waals surface area contributed by atoms with Crippen LogP contribution in [-0.2, 0) is 6.42 Å². The van der Waals surface area contributed by atoms with E-state index in [4.69, 9.17) is 16.3 Å². The number of alkyl halides is 3. The van der Waals surface area contributed by atoms with Crippen molar-refractivity contribution in [3.63, 3.8) is 0 Å². The van der Waals surface area contributed by atoms with Crippen molar-refractivity contribution >= 4 is 23.4 Å². The molecule has 1 saturated carbocycles. The summed E-state index contributed by atoms with van der Waals surface area (Å²) in [5, 5.41) is 14.5. The highest BCUT2D eigenvalue weighted by atomic mass is 35.5. The SMILES string of the molecule is CCc1cc(Oc2cccc(C(NCC(O)C3CC3)c3cccc(SC(F)(F)F)c3)c2)ccc1Cl. The Kier molecular flexibility index (Phi) is 8.32. The number of nitrogens with one attached hydrogen (secondary N) is 1. The van der Waals surface area contributed by atoms with Crippen molar-refractivity contribution in [3.05, 3.63) is 88.4 Å². The zero-order valence-corrected chi connectivity index (χ0v) is 20.8. The molecule has 0 radical (unpaired) electrons. The maximum atomic E-state index is 13.0. The predicted molar refractivity (Wildman–Crippen MR) is 134 cm³/mol. The molecule has 2 atom stereocenters. The molecule has 3 aromatic rings. The molecule has 1 aliphatic carbocycles.